The molecule has 0 radical (unpaired) electrons. The van der Waals surface area contributed by atoms with Crippen molar-refractivity contribution in [3.8, 4) is 11.5 Å². The molecule has 0 aliphatic heterocycles. The van der Waals surface area contributed by atoms with Crippen LogP contribution in [0.25, 0.3) is 0 Å². The molecule has 0 aliphatic rings. The Hall–Kier alpha value is -1.75. The van der Waals surface area contributed by atoms with Gasteiger partial charge in [-0.1, -0.05) is 19.9 Å². The Morgan fingerprint density at radius 1 is 1.25 bits per heavy atom. The van der Waals surface area contributed by atoms with E-state index < -0.39 is 17.5 Å². The van der Waals surface area contributed by atoms with E-state index in [1.165, 1.54) is 32.0 Å². The third-order valence-electron chi connectivity index (χ3n) is 2.64. The highest BCUT2D eigenvalue weighted by Gasteiger charge is 2.35. The van der Waals surface area contributed by atoms with Gasteiger partial charge in [0.25, 0.3) is 0 Å². The fourth-order valence-corrected chi connectivity index (χ4v) is 1.39. The molecule has 5 nitrogen and oxygen atoms in total. The lowest BCUT2D eigenvalue weighted by Gasteiger charge is -2.28. The van der Waals surface area contributed by atoms with E-state index in [1.54, 1.807) is 0 Å². The highest BCUT2D eigenvalue weighted by molar-refractivity contribution is 5.74. The summed E-state index contributed by atoms with van der Waals surface area (Å²) < 4.78 is 0. The minimum Gasteiger partial charge on any atom is -0.504 e. The highest BCUT2D eigenvalue weighted by atomic mass is 16.4. The van der Waals surface area contributed by atoms with E-state index in [0.717, 1.165) is 0 Å². The van der Waals surface area contributed by atoms with Crippen LogP contribution < -0.4 is 0 Å². The summed E-state index contributed by atoms with van der Waals surface area (Å²) >= 11 is 0. The van der Waals surface area contributed by atoms with Gasteiger partial charge in [-0.25, -0.2) is 4.79 Å². The Kier molecular flexibility index (Phi) is 3.09. The van der Waals surface area contributed by atoms with Gasteiger partial charge in [0.05, 0.1) is 0 Å². The zero-order valence-corrected chi connectivity index (χ0v) is 9.01. The summed E-state index contributed by atoms with van der Waals surface area (Å²) in [4.78, 5) is 10.7. The zero-order valence-electron chi connectivity index (χ0n) is 9.01. The molecule has 0 aliphatic carbocycles. The Morgan fingerprint density at radius 3 is 2.25 bits per heavy atom. The molecule has 16 heavy (non-hydrogen) atoms. The van der Waals surface area contributed by atoms with Gasteiger partial charge in [-0.2, -0.15) is 0 Å². The van der Waals surface area contributed by atoms with Gasteiger partial charge in [0.2, 0.25) is 0 Å². The van der Waals surface area contributed by atoms with Crippen molar-refractivity contribution in [1.29, 1.82) is 0 Å². The third kappa shape index (κ3) is 2.09. The predicted molar refractivity (Wildman–Crippen MR) is 56.4 cm³/mol. The lowest BCUT2D eigenvalue weighted by atomic mass is 9.79. The average Bonchev–Trinajstić information content (AvgIpc) is 2.20. The standard InChI is InChI=1S/C11H14O5/c1-11(2,9(14)10(15)16)6-3-4-7(12)8(13)5-6/h3-5,9,12-14H,1-2H3,(H,15,16). The second-order valence-electron chi connectivity index (χ2n) is 4.17. The summed E-state index contributed by atoms with van der Waals surface area (Å²) in [7, 11) is 0. The van der Waals surface area contributed by atoms with Crippen molar-refractivity contribution in [2.75, 3.05) is 0 Å². The second kappa shape index (κ2) is 4.02. The SMILES string of the molecule is CC(C)(c1ccc(O)c(O)c1)C(O)C(=O)O. The molecule has 0 heterocycles. The maximum atomic E-state index is 10.7. The predicted octanol–water partition coefficient (Wildman–Crippen LogP) is 0.821. The van der Waals surface area contributed by atoms with Gasteiger partial charge >= 0.3 is 5.97 Å². The molecule has 88 valence electrons. The van der Waals surface area contributed by atoms with E-state index in [0.29, 0.717) is 5.56 Å². The van der Waals surface area contributed by atoms with Gasteiger partial charge in [-0.15, -0.1) is 0 Å². The van der Waals surface area contributed by atoms with Crippen molar-refractivity contribution in [2.24, 2.45) is 0 Å². The van der Waals surface area contributed by atoms with E-state index in [1.807, 2.05) is 0 Å². The summed E-state index contributed by atoms with van der Waals surface area (Å²) in [5, 5.41) is 36.7. The quantitative estimate of drug-likeness (QED) is 0.572. The van der Waals surface area contributed by atoms with Crippen molar-refractivity contribution in [2.45, 2.75) is 25.4 Å². The summed E-state index contributed by atoms with van der Waals surface area (Å²) in [6.45, 7) is 3.08. The number of aliphatic carboxylic acids is 1. The second-order valence-corrected chi connectivity index (χ2v) is 4.17. The molecule has 1 rings (SSSR count). The van der Waals surface area contributed by atoms with Crippen molar-refractivity contribution >= 4 is 5.97 Å². The van der Waals surface area contributed by atoms with E-state index in [2.05, 4.69) is 0 Å². The van der Waals surface area contributed by atoms with E-state index in [9.17, 15) is 15.0 Å². The number of phenols is 2. The largest absolute Gasteiger partial charge is 0.504 e. The number of phenolic OH excluding ortho intramolecular Hbond substituents is 2. The molecule has 0 aromatic heterocycles. The van der Waals surface area contributed by atoms with Crippen molar-refractivity contribution in [3.63, 3.8) is 0 Å². The molecule has 5 heteroatoms. The molecule has 1 unspecified atom stereocenters. The normalized spacial score (nSPS) is 13.4. The van der Waals surface area contributed by atoms with Gasteiger partial charge in [-0.3, -0.25) is 0 Å². The topological polar surface area (TPSA) is 98.0 Å². The molecule has 0 amide bonds. The Morgan fingerprint density at radius 2 is 1.81 bits per heavy atom. The lowest BCUT2D eigenvalue weighted by molar-refractivity contribution is -0.150. The minimum absolute atomic E-state index is 0.288. The van der Waals surface area contributed by atoms with Gasteiger partial charge in [0.15, 0.2) is 17.6 Å². The fraction of sp³-hybridized carbons (Fsp3) is 0.364. The summed E-state index contributed by atoms with van der Waals surface area (Å²) in [6, 6.07) is 3.95. The molecule has 4 N–H and O–H groups in total. The summed E-state index contributed by atoms with van der Waals surface area (Å²) in [6.07, 6.45) is -1.59. The number of hydrogen-bond donors (Lipinski definition) is 4. The van der Waals surface area contributed by atoms with Crippen molar-refractivity contribution < 1.29 is 25.2 Å². The molecule has 0 fully saturated rings. The number of benzene rings is 1. The average molecular weight is 226 g/mol. The molecule has 0 bridgehead atoms. The van der Waals surface area contributed by atoms with Crippen LogP contribution >= 0.6 is 0 Å². The van der Waals surface area contributed by atoms with Gasteiger partial charge in [0, 0.05) is 5.41 Å². The maximum absolute atomic E-state index is 10.7. The van der Waals surface area contributed by atoms with Crippen LogP contribution in [0.3, 0.4) is 0 Å². The first-order valence-corrected chi connectivity index (χ1v) is 4.70. The number of aromatic hydroxyl groups is 2. The number of carboxylic acid groups (broad SMARTS) is 1. The van der Waals surface area contributed by atoms with Gasteiger partial charge in [0.1, 0.15) is 0 Å². The number of carbonyl (C=O) groups is 1. The Bertz CT molecular complexity index is 411. The molecule has 0 saturated carbocycles. The van der Waals surface area contributed by atoms with Crippen LogP contribution in [0.5, 0.6) is 11.5 Å². The van der Waals surface area contributed by atoms with E-state index in [-0.39, 0.29) is 11.5 Å². The molecule has 1 aromatic carbocycles. The van der Waals surface area contributed by atoms with Crippen molar-refractivity contribution in [3.05, 3.63) is 23.8 Å². The molecule has 1 atom stereocenters. The van der Waals surface area contributed by atoms with Crippen LogP contribution in [0.15, 0.2) is 18.2 Å². The van der Waals surface area contributed by atoms with Crippen molar-refractivity contribution in [1.82, 2.24) is 0 Å². The molecular weight excluding hydrogens is 212 g/mol. The molecule has 0 saturated heterocycles. The number of aliphatic hydroxyl groups is 1. The van der Waals surface area contributed by atoms with Crippen LogP contribution in [-0.4, -0.2) is 32.5 Å². The molecular formula is C11H14O5. The first kappa shape index (κ1) is 12.3. The van der Waals surface area contributed by atoms with Crippen LogP contribution in [0.2, 0.25) is 0 Å². The first-order valence-electron chi connectivity index (χ1n) is 4.70. The third-order valence-corrected chi connectivity index (χ3v) is 2.64. The van der Waals surface area contributed by atoms with Crippen LogP contribution in [0.1, 0.15) is 19.4 Å². The minimum atomic E-state index is -1.59. The number of hydrogen-bond acceptors (Lipinski definition) is 4. The smallest absolute Gasteiger partial charge is 0.333 e. The monoisotopic (exact) mass is 226 g/mol. The number of rotatable bonds is 3. The zero-order chi connectivity index (χ0) is 12.5. The van der Waals surface area contributed by atoms with Crippen LogP contribution in [-0.2, 0) is 10.2 Å². The Balaban J connectivity index is 3.16. The van der Waals surface area contributed by atoms with Crippen LogP contribution in [0, 0.1) is 0 Å². The number of aliphatic hydroxyl groups excluding tert-OH is 1. The van der Waals surface area contributed by atoms with Gasteiger partial charge in [-0.05, 0) is 17.7 Å². The number of carboxylic acids is 1. The van der Waals surface area contributed by atoms with Gasteiger partial charge < -0.3 is 20.4 Å². The lowest BCUT2D eigenvalue weighted by Crippen LogP contribution is -2.39. The molecule has 1 aromatic rings. The summed E-state index contributed by atoms with van der Waals surface area (Å²) in [5.41, 5.74) is -0.630. The molecule has 0 spiro atoms. The fourth-order valence-electron chi connectivity index (χ4n) is 1.39. The highest BCUT2D eigenvalue weighted by Crippen LogP contribution is 2.33. The Labute approximate surface area is 92.6 Å². The first-order chi connectivity index (χ1) is 7.26. The maximum Gasteiger partial charge on any atom is 0.333 e. The van der Waals surface area contributed by atoms with E-state index >= 15 is 0 Å². The van der Waals surface area contributed by atoms with Crippen LogP contribution in [0.4, 0.5) is 0 Å². The summed E-state index contributed by atoms with van der Waals surface area (Å²) in [5.74, 6) is -1.97. The van der Waals surface area contributed by atoms with E-state index in [4.69, 9.17) is 10.2 Å².